The molecule has 1 atom stereocenters. The fraction of sp³-hybridized carbons (Fsp3) is 0.933. The molecule has 0 radical (unpaired) electrons. The number of carbonyl (C=O) groups is 1. The van der Waals surface area contributed by atoms with Crippen molar-refractivity contribution in [1.29, 1.82) is 0 Å². The van der Waals surface area contributed by atoms with Crippen LogP contribution in [0.3, 0.4) is 0 Å². The second-order valence-electron chi connectivity index (χ2n) is 5.80. The fourth-order valence-corrected chi connectivity index (χ4v) is 2.82. The van der Waals surface area contributed by atoms with E-state index in [0.29, 0.717) is 31.1 Å². The summed E-state index contributed by atoms with van der Waals surface area (Å²) in [5.74, 6) is 1.01. The van der Waals surface area contributed by atoms with Crippen molar-refractivity contribution in [3.63, 3.8) is 0 Å². The number of rotatable bonds is 7. The largest absolute Gasteiger partial charge is 0.379 e. The van der Waals surface area contributed by atoms with Gasteiger partial charge in [0.05, 0.1) is 19.3 Å². The van der Waals surface area contributed by atoms with Crippen molar-refractivity contribution in [1.82, 2.24) is 10.2 Å². The molecule has 2 aliphatic rings. The lowest BCUT2D eigenvalue weighted by atomic mass is 9.87. The summed E-state index contributed by atoms with van der Waals surface area (Å²) in [6.45, 7) is 9.78. The minimum Gasteiger partial charge on any atom is -0.379 e. The zero-order chi connectivity index (χ0) is 14.4. The fourth-order valence-electron chi connectivity index (χ4n) is 2.82. The number of hydrogen-bond donors (Lipinski definition) is 1. The number of carbonyl (C=O) groups excluding carboxylic acids is 1. The Labute approximate surface area is 122 Å². The lowest BCUT2D eigenvalue weighted by Gasteiger charge is -2.38. The molecule has 1 N–H and O–H groups in total. The smallest absolute Gasteiger partial charge is 0.225 e. The van der Waals surface area contributed by atoms with Crippen LogP contribution in [0.2, 0.25) is 0 Å². The Morgan fingerprint density at radius 1 is 1.30 bits per heavy atom. The SMILES string of the molecule is CCOCCOC1CCN(C(=O)C(C)C2CNC2)CC1. The van der Waals surface area contributed by atoms with Gasteiger partial charge in [-0.1, -0.05) is 6.92 Å². The van der Waals surface area contributed by atoms with E-state index in [1.165, 1.54) is 0 Å². The third-order valence-electron chi connectivity index (χ3n) is 4.45. The monoisotopic (exact) mass is 284 g/mol. The van der Waals surface area contributed by atoms with Crippen molar-refractivity contribution < 1.29 is 14.3 Å². The molecule has 0 aromatic rings. The summed E-state index contributed by atoms with van der Waals surface area (Å²) in [6.07, 6.45) is 2.20. The highest BCUT2D eigenvalue weighted by Gasteiger charge is 2.33. The van der Waals surface area contributed by atoms with Gasteiger partial charge in [-0.25, -0.2) is 0 Å². The number of hydrogen-bond acceptors (Lipinski definition) is 4. The van der Waals surface area contributed by atoms with Gasteiger partial charge < -0.3 is 19.7 Å². The highest BCUT2D eigenvalue weighted by Crippen LogP contribution is 2.21. The van der Waals surface area contributed by atoms with E-state index in [-0.39, 0.29) is 5.92 Å². The Bertz CT molecular complexity index is 299. The van der Waals surface area contributed by atoms with E-state index >= 15 is 0 Å². The highest BCUT2D eigenvalue weighted by atomic mass is 16.5. The minimum atomic E-state index is 0.159. The average molecular weight is 284 g/mol. The molecule has 1 unspecified atom stereocenters. The Morgan fingerprint density at radius 2 is 2.00 bits per heavy atom. The number of piperidine rings is 1. The second kappa shape index (κ2) is 7.96. The van der Waals surface area contributed by atoms with Crippen molar-refractivity contribution in [3.8, 4) is 0 Å². The van der Waals surface area contributed by atoms with Crippen molar-refractivity contribution in [2.24, 2.45) is 11.8 Å². The maximum atomic E-state index is 12.4. The average Bonchev–Trinajstić information content (AvgIpc) is 2.41. The molecule has 2 aliphatic heterocycles. The topological polar surface area (TPSA) is 50.8 Å². The molecule has 116 valence electrons. The van der Waals surface area contributed by atoms with Crippen LogP contribution in [0.15, 0.2) is 0 Å². The molecule has 2 saturated heterocycles. The second-order valence-corrected chi connectivity index (χ2v) is 5.80. The molecule has 0 aromatic heterocycles. The zero-order valence-corrected chi connectivity index (χ0v) is 12.8. The molecule has 2 heterocycles. The van der Waals surface area contributed by atoms with Crippen molar-refractivity contribution >= 4 is 5.91 Å². The van der Waals surface area contributed by atoms with Gasteiger partial charge in [0.1, 0.15) is 0 Å². The summed E-state index contributed by atoms with van der Waals surface area (Å²) in [5, 5.41) is 3.24. The molecule has 1 amide bonds. The predicted octanol–water partition coefficient (Wildman–Crippen LogP) is 0.886. The molecule has 0 aromatic carbocycles. The van der Waals surface area contributed by atoms with E-state index in [0.717, 1.165) is 45.6 Å². The normalized spacial score (nSPS) is 22.6. The van der Waals surface area contributed by atoms with E-state index in [1.807, 2.05) is 11.8 Å². The maximum Gasteiger partial charge on any atom is 0.225 e. The van der Waals surface area contributed by atoms with Gasteiger partial charge in [-0.05, 0) is 38.8 Å². The molecule has 2 rings (SSSR count). The quantitative estimate of drug-likeness (QED) is 0.705. The molecule has 0 aliphatic carbocycles. The van der Waals surface area contributed by atoms with Crippen molar-refractivity contribution in [2.45, 2.75) is 32.8 Å². The van der Waals surface area contributed by atoms with Gasteiger partial charge in [-0.15, -0.1) is 0 Å². The first-order valence-electron chi connectivity index (χ1n) is 7.91. The van der Waals surface area contributed by atoms with Crippen LogP contribution < -0.4 is 5.32 Å². The van der Waals surface area contributed by atoms with Gasteiger partial charge in [0, 0.05) is 25.6 Å². The number of nitrogens with one attached hydrogen (secondary N) is 1. The van der Waals surface area contributed by atoms with Crippen LogP contribution in [0.1, 0.15) is 26.7 Å². The first-order valence-corrected chi connectivity index (χ1v) is 7.91. The maximum absolute atomic E-state index is 12.4. The van der Waals surface area contributed by atoms with Crippen LogP contribution in [0.5, 0.6) is 0 Å². The number of amides is 1. The lowest BCUT2D eigenvalue weighted by molar-refractivity contribution is -0.140. The Hall–Kier alpha value is -0.650. The summed E-state index contributed by atoms with van der Waals surface area (Å²) < 4.78 is 11.0. The van der Waals surface area contributed by atoms with Gasteiger partial charge in [0.25, 0.3) is 0 Å². The molecule has 5 heteroatoms. The van der Waals surface area contributed by atoms with E-state index in [2.05, 4.69) is 12.2 Å². The van der Waals surface area contributed by atoms with E-state index < -0.39 is 0 Å². The Balaban J connectivity index is 1.64. The zero-order valence-electron chi connectivity index (χ0n) is 12.8. The Morgan fingerprint density at radius 3 is 2.55 bits per heavy atom. The first kappa shape index (κ1) is 15.7. The number of likely N-dealkylation sites (tertiary alicyclic amines) is 1. The third kappa shape index (κ3) is 4.17. The number of ether oxygens (including phenoxy) is 2. The molecule has 0 bridgehead atoms. The molecule has 0 spiro atoms. The van der Waals surface area contributed by atoms with Crippen LogP contribution in [0.4, 0.5) is 0 Å². The molecular weight excluding hydrogens is 256 g/mol. The molecule has 0 saturated carbocycles. The van der Waals surface area contributed by atoms with Crippen molar-refractivity contribution in [3.05, 3.63) is 0 Å². The summed E-state index contributed by atoms with van der Waals surface area (Å²) in [6, 6.07) is 0. The van der Waals surface area contributed by atoms with Crippen LogP contribution in [0.25, 0.3) is 0 Å². The summed E-state index contributed by atoms with van der Waals surface area (Å²) in [7, 11) is 0. The molecule has 5 nitrogen and oxygen atoms in total. The first-order chi connectivity index (χ1) is 9.72. The van der Waals surface area contributed by atoms with E-state index in [9.17, 15) is 4.79 Å². The van der Waals surface area contributed by atoms with E-state index in [4.69, 9.17) is 9.47 Å². The standard InChI is InChI=1S/C15H28N2O3/c1-3-19-8-9-20-14-4-6-17(7-5-14)15(18)12(2)13-10-16-11-13/h12-14,16H,3-11H2,1-2H3. The van der Waals surface area contributed by atoms with Crippen LogP contribution in [-0.4, -0.2) is 62.9 Å². The third-order valence-corrected chi connectivity index (χ3v) is 4.45. The predicted molar refractivity (Wildman–Crippen MR) is 77.6 cm³/mol. The van der Waals surface area contributed by atoms with E-state index in [1.54, 1.807) is 0 Å². The van der Waals surface area contributed by atoms with Crippen molar-refractivity contribution in [2.75, 3.05) is 46.0 Å². The van der Waals surface area contributed by atoms with Gasteiger partial charge in [0.2, 0.25) is 5.91 Å². The van der Waals surface area contributed by atoms with Gasteiger partial charge in [-0.2, -0.15) is 0 Å². The Kier molecular flexibility index (Phi) is 6.26. The highest BCUT2D eigenvalue weighted by molar-refractivity contribution is 5.79. The van der Waals surface area contributed by atoms with Crippen LogP contribution in [-0.2, 0) is 14.3 Å². The summed E-state index contributed by atoms with van der Waals surface area (Å²) in [5.41, 5.74) is 0. The van der Waals surface area contributed by atoms with Gasteiger partial charge >= 0.3 is 0 Å². The summed E-state index contributed by atoms with van der Waals surface area (Å²) in [4.78, 5) is 14.4. The molecular formula is C15H28N2O3. The van der Waals surface area contributed by atoms with Gasteiger partial charge in [-0.3, -0.25) is 4.79 Å². The van der Waals surface area contributed by atoms with Gasteiger partial charge in [0.15, 0.2) is 0 Å². The lowest BCUT2D eigenvalue weighted by Crippen LogP contribution is -2.52. The summed E-state index contributed by atoms with van der Waals surface area (Å²) >= 11 is 0. The minimum absolute atomic E-state index is 0.159. The van der Waals surface area contributed by atoms with Crippen LogP contribution in [0, 0.1) is 11.8 Å². The molecule has 2 fully saturated rings. The number of nitrogens with zero attached hydrogens (tertiary/aromatic N) is 1. The van der Waals surface area contributed by atoms with Crippen LogP contribution >= 0.6 is 0 Å². The molecule has 20 heavy (non-hydrogen) atoms.